The Bertz CT molecular complexity index is 1740. The van der Waals surface area contributed by atoms with Gasteiger partial charge in [-0.1, -0.05) is 48.2 Å². The number of hydrogen-bond acceptors (Lipinski definition) is 6. The quantitative estimate of drug-likeness (QED) is 0.263. The second-order valence-corrected chi connectivity index (χ2v) is 13.4. The first-order valence-electron chi connectivity index (χ1n) is 14.0. The van der Waals surface area contributed by atoms with E-state index in [4.69, 9.17) is 32.9 Å². The zero-order valence-electron chi connectivity index (χ0n) is 23.1. The van der Waals surface area contributed by atoms with Gasteiger partial charge >= 0.3 is 0 Å². The average Bonchev–Trinajstić information content (AvgIpc) is 3.76. The number of carbonyl (C=O) groups is 1. The number of pyridine rings is 1. The molecule has 2 aromatic carbocycles. The van der Waals surface area contributed by atoms with Gasteiger partial charge in [-0.2, -0.15) is 4.31 Å². The van der Waals surface area contributed by atoms with Gasteiger partial charge in [0.1, 0.15) is 28.8 Å². The molecule has 1 saturated carbocycles. The second kappa shape index (κ2) is 11.8. The lowest BCUT2D eigenvalue weighted by atomic mass is 10.1. The summed E-state index contributed by atoms with van der Waals surface area (Å²) in [7, 11) is -4.09. The number of ether oxygens (including phenoxy) is 1. The molecule has 1 atom stereocenters. The number of aromatic nitrogens is 3. The number of benzene rings is 2. The summed E-state index contributed by atoms with van der Waals surface area (Å²) in [5.74, 6) is 0.256. The third kappa shape index (κ3) is 5.48. The third-order valence-corrected chi connectivity index (χ3v) is 10.9. The fourth-order valence-electron chi connectivity index (χ4n) is 5.90. The Balaban J connectivity index is 1.28. The minimum Gasteiger partial charge on any atom is -0.487 e. The van der Waals surface area contributed by atoms with E-state index >= 15 is 0 Å². The largest absolute Gasteiger partial charge is 0.487 e. The SMILES string of the molecule is Cc1cc(-n2ccnc2)c2cccc(OCc3c(Cl)ccc(S(=O)(=O)N4CCCC4C(=O)NC4CCCC4)c3Cl)c2n1. The molecule has 0 radical (unpaired) electrons. The minimum atomic E-state index is -4.09. The number of nitrogens with zero attached hydrogens (tertiary/aromatic N) is 4. The maximum atomic E-state index is 13.9. The highest BCUT2D eigenvalue weighted by atomic mass is 35.5. The van der Waals surface area contributed by atoms with E-state index in [0.29, 0.717) is 29.7 Å². The van der Waals surface area contributed by atoms with Crippen LogP contribution in [-0.4, -0.2) is 51.8 Å². The first-order valence-corrected chi connectivity index (χ1v) is 16.2. The number of para-hydroxylation sites is 1. The predicted octanol–water partition coefficient (Wildman–Crippen LogP) is 5.83. The monoisotopic (exact) mass is 627 g/mol. The van der Waals surface area contributed by atoms with Gasteiger partial charge in [-0.3, -0.25) is 4.79 Å². The number of imidazole rings is 1. The summed E-state index contributed by atoms with van der Waals surface area (Å²) in [6, 6.07) is 9.82. The summed E-state index contributed by atoms with van der Waals surface area (Å²) in [6.07, 6.45) is 10.3. The maximum Gasteiger partial charge on any atom is 0.245 e. The summed E-state index contributed by atoms with van der Waals surface area (Å²) in [6.45, 7) is 2.07. The van der Waals surface area contributed by atoms with Gasteiger partial charge in [0.15, 0.2) is 0 Å². The number of sulfonamides is 1. The van der Waals surface area contributed by atoms with Crippen molar-refractivity contribution in [3.05, 3.63) is 76.4 Å². The number of aryl methyl sites for hydroxylation is 1. The lowest BCUT2D eigenvalue weighted by Crippen LogP contribution is -2.48. The molecule has 0 bridgehead atoms. The Morgan fingerprint density at radius 3 is 2.69 bits per heavy atom. The molecule has 12 heteroatoms. The number of nitrogens with one attached hydrogen (secondary N) is 1. The summed E-state index contributed by atoms with van der Waals surface area (Å²) in [5.41, 5.74) is 2.68. The Morgan fingerprint density at radius 1 is 1.12 bits per heavy atom. The molecule has 2 aliphatic rings. The van der Waals surface area contributed by atoms with Crippen molar-refractivity contribution >= 4 is 50.0 Å². The van der Waals surface area contributed by atoms with Gasteiger partial charge in [-0.15, -0.1) is 0 Å². The van der Waals surface area contributed by atoms with E-state index in [1.54, 1.807) is 18.6 Å². The van der Waals surface area contributed by atoms with Crippen LogP contribution < -0.4 is 10.1 Å². The van der Waals surface area contributed by atoms with E-state index in [-0.39, 0.29) is 40.0 Å². The van der Waals surface area contributed by atoms with Gasteiger partial charge in [-0.05, 0) is 56.9 Å². The Hall–Kier alpha value is -3.18. The predicted molar refractivity (Wildman–Crippen MR) is 162 cm³/mol. The van der Waals surface area contributed by atoms with Crippen LogP contribution in [0.25, 0.3) is 16.6 Å². The highest BCUT2D eigenvalue weighted by molar-refractivity contribution is 7.89. The van der Waals surface area contributed by atoms with Gasteiger partial charge < -0.3 is 14.6 Å². The second-order valence-electron chi connectivity index (χ2n) is 10.8. The lowest BCUT2D eigenvalue weighted by Gasteiger charge is -2.25. The Kier molecular flexibility index (Phi) is 8.15. The molecule has 0 spiro atoms. The molecule has 3 heterocycles. The van der Waals surface area contributed by atoms with Gasteiger partial charge in [0.25, 0.3) is 0 Å². The normalized spacial score (nSPS) is 18.1. The van der Waals surface area contributed by atoms with Gasteiger partial charge in [-0.25, -0.2) is 18.4 Å². The fraction of sp³-hybridized carbons (Fsp3) is 0.367. The molecular formula is C30H31Cl2N5O4S. The van der Waals surface area contributed by atoms with Gasteiger partial charge in [0.2, 0.25) is 15.9 Å². The molecule has 1 aliphatic carbocycles. The molecule has 6 rings (SSSR count). The van der Waals surface area contributed by atoms with Crippen molar-refractivity contribution in [3.63, 3.8) is 0 Å². The number of rotatable bonds is 8. The highest BCUT2D eigenvalue weighted by Gasteiger charge is 2.41. The van der Waals surface area contributed by atoms with E-state index in [2.05, 4.69) is 10.3 Å². The Morgan fingerprint density at radius 2 is 1.93 bits per heavy atom. The van der Waals surface area contributed by atoms with Crippen molar-refractivity contribution in [2.75, 3.05) is 6.54 Å². The molecule has 1 saturated heterocycles. The maximum absolute atomic E-state index is 13.9. The van der Waals surface area contributed by atoms with Gasteiger partial charge in [0.05, 0.1) is 17.0 Å². The van der Waals surface area contributed by atoms with Crippen LogP contribution in [0, 0.1) is 6.92 Å². The summed E-state index contributed by atoms with van der Waals surface area (Å²) in [4.78, 5) is 21.8. The van der Waals surface area contributed by atoms with E-state index in [1.165, 1.54) is 16.4 Å². The van der Waals surface area contributed by atoms with Crippen LogP contribution >= 0.6 is 23.2 Å². The van der Waals surface area contributed by atoms with Gasteiger partial charge in [0, 0.05) is 46.6 Å². The standard InChI is InChI=1S/C30H31Cl2N5O4S/c1-19-16-25(36-15-13-33-18-36)21-8-4-10-26(29(21)34-19)41-17-22-23(31)11-12-27(28(22)32)42(39,40)37-14-5-9-24(37)30(38)35-20-6-2-3-7-20/h4,8,10-13,15-16,18,20,24H,2-3,5-7,9,14,17H2,1H3,(H,35,38). The lowest BCUT2D eigenvalue weighted by molar-refractivity contribution is -0.124. The topological polar surface area (TPSA) is 106 Å². The zero-order chi connectivity index (χ0) is 29.4. The summed E-state index contributed by atoms with van der Waals surface area (Å²) < 4.78 is 37.1. The number of carbonyl (C=O) groups excluding carboxylic acids is 1. The zero-order valence-corrected chi connectivity index (χ0v) is 25.4. The highest BCUT2D eigenvalue weighted by Crippen LogP contribution is 2.37. The van der Waals surface area contributed by atoms with Crippen LogP contribution in [0.2, 0.25) is 10.0 Å². The van der Waals surface area contributed by atoms with Crippen LogP contribution in [0.3, 0.4) is 0 Å². The van der Waals surface area contributed by atoms with Crippen LogP contribution in [0.5, 0.6) is 5.75 Å². The molecule has 220 valence electrons. The molecule has 1 N–H and O–H groups in total. The molecule has 2 fully saturated rings. The summed E-state index contributed by atoms with van der Waals surface area (Å²) >= 11 is 13.3. The first kappa shape index (κ1) is 28.9. The molecule has 1 unspecified atom stereocenters. The molecule has 9 nitrogen and oxygen atoms in total. The third-order valence-electron chi connectivity index (χ3n) is 8.01. The molecular weight excluding hydrogens is 597 g/mol. The van der Waals surface area contributed by atoms with Crippen molar-refractivity contribution in [2.24, 2.45) is 0 Å². The summed E-state index contributed by atoms with van der Waals surface area (Å²) in [5, 5.41) is 4.17. The number of amides is 1. The molecule has 2 aromatic heterocycles. The van der Waals surface area contributed by atoms with Crippen molar-refractivity contribution in [1.82, 2.24) is 24.2 Å². The van der Waals surface area contributed by atoms with Crippen LogP contribution in [0.1, 0.15) is 49.8 Å². The smallest absolute Gasteiger partial charge is 0.245 e. The minimum absolute atomic E-state index is 0.0205. The number of fused-ring (bicyclic) bond motifs is 1. The van der Waals surface area contributed by atoms with E-state index in [0.717, 1.165) is 42.5 Å². The molecule has 42 heavy (non-hydrogen) atoms. The van der Waals surface area contributed by atoms with E-state index in [1.807, 2.05) is 35.9 Å². The van der Waals surface area contributed by atoms with Crippen molar-refractivity contribution in [2.45, 2.75) is 69.0 Å². The number of hydrogen-bond donors (Lipinski definition) is 1. The number of halogens is 2. The molecule has 1 amide bonds. The van der Waals surface area contributed by atoms with Crippen LogP contribution in [0.15, 0.2) is 60.0 Å². The fourth-order valence-corrected chi connectivity index (χ4v) is 8.42. The van der Waals surface area contributed by atoms with E-state index < -0.39 is 16.1 Å². The van der Waals surface area contributed by atoms with E-state index in [9.17, 15) is 13.2 Å². The molecule has 1 aliphatic heterocycles. The van der Waals surface area contributed by atoms with Crippen LogP contribution in [0.4, 0.5) is 0 Å². The van der Waals surface area contributed by atoms with Crippen molar-refractivity contribution in [1.29, 1.82) is 0 Å². The average molecular weight is 629 g/mol. The van der Waals surface area contributed by atoms with Crippen molar-refractivity contribution in [3.8, 4) is 11.4 Å². The first-order chi connectivity index (χ1) is 20.2. The van der Waals surface area contributed by atoms with Crippen molar-refractivity contribution < 1.29 is 17.9 Å². The van der Waals surface area contributed by atoms with Crippen LogP contribution in [-0.2, 0) is 21.4 Å². The molecule has 4 aromatic rings. The Labute approximate surface area is 254 Å².